The van der Waals surface area contributed by atoms with Gasteiger partial charge in [0, 0.05) is 40.3 Å². The third-order valence-corrected chi connectivity index (χ3v) is 8.63. The molecule has 3 aromatic carbocycles. The minimum absolute atomic E-state index is 0.105. The van der Waals surface area contributed by atoms with Crippen molar-refractivity contribution in [1.82, 2.24) is 4.90 Å². The first-order chi connectivity index (χ1) is 17.8. The first-order valence-corrected chi connectivity index (χ1v) is 13.3. The van der Waals surface area contributed by atoms with Gasteiger partial charge in [0.25, 0.3) is 5.91 Å². The van der Waals surface area contributed by atoms with Crippen molar-refractivity contribution in [2.24, 2.45) is 5.41 Å². The molecule has 3 atom stereocenters. The van der Waals surface area contributed by atoms with Gasteiger partial charge in [-0.3, -0.25) is 14.5 Å². The number of hydrogen-bond acceptors (Lipinski definition) is 4. The highest BCUT2D eigenvalue weighted by atomic mass is 35.5. The van der Waals surface area contributed by atoms with Crippen LogP contribution in [0.1, 0.15) is 36.0 Å². The van der Waals surface area contributed by atoms with Crippen molar-refractivity contribution in [1.29, 1.82) is 0 Å². The topological polar surface area (TPSA) is 49.9 Å². The summed E-state index contributed by atoms with van der Waals surface area (Å²) in [5.74, 6) is -0.973. The average Bonchev–Trinajstić information content (AvgIpc) is 3.30. The maximum absolute atomic E-state index is 14.8. The monoisotopic (exact) mass is 536 g/mol. The van der Waals surface area contributed by atoms with E-state index in [-0.39, 0.29) is 5.91 Å². The van der Waals surface area contributed by atoms with Crippen LogP contribution in [0.5, 0.6) is 0 Å². The molecule has 1 spiro atoms. The lowest BCUT2D eigenvalue weighted by atomic mass is 9.58. The lowest BCUT2D eigenvalue weighted by Crippen LogP contribution is -2.61. The van der Waals surface area contributed by atoms with Crippen LogP contribution in [0.4, 0.5) is 5.69 Å². The summed E-state index contributed by atoms with van der Waals surface area (Å²) in [6.07, 6.45) is 1.09. The summed E-state index contributed by atoms with van der Waals surface area (Å²) in [4.78, 5) is 33.0. The van der Waals surface area contributed by atoms with Gasteiger partial charge in [0.15, 0.2) is 0 Å². The second-order valence-corrected chi connectivity index (χ2v) is 10.8. The number of anilines is 1. The Morgan fingerprint density at radius 1 is 1.05 bits per heavy atom. The molecule has 0 aromatic heterocycles. The van der Waals surface area contributed by atoms with E-state index in [1.54, 1.807) is 12.1 Å². The highest BCUT2D eigenvalue weighted by Crippen LogP contribution is 2.65. The lowest BCUT2D eigenvalue weighted by Gasteiger charge is -2.45. The van der Waals surface area contributed by atoms with E-state index in [9.17, 15) is 9.59 Å². The third kappa shape index (κ3) is 3.63. The van der Waals surface area contributed by atoms with Gasteiger partial charge in [-0.05, 0) is 49.2 Å². The summed E-state index contributed by atoms with van der Waals surface area (Å²) in [5, 5.41) is 0.978. The maximum atomic E-state index is 14.8. The SMILES string of the molecule is CCCN1C(=O)[C@]2(c3ccccc31)N(C)C[C@H](c1ccc(Cl)cc1Cl)[C@@]2(Cc1ccccc1)C(=O)OC. The molecule has 0 N–H and O–H groups in total. The van der Waals surface area contributed by atoms with Crippen molar-refractivity contribution in [3.05, 3.63) is 99.5 Å². The van der Waals surface area contributed by atoms with E-state index in [0.29, 0.717) is 29.6 Å². The van der Waals surface area contributed by atoms with E-state index >= 15 is 0 Å². The molecule has 0 unspecified atom stereocenters. The van der Waals surface area contributed by atoms with Gasteiger partial charge in [0.1, 0.15) is 11.0 Å². The Labute approximate surface area is 227 Å². The quantitative estimate of drug-likeness (QED) is 0.358. The highest BCUT2D eigenvalue weighted by Gasteiger charge is 2.75. The smallest absolute Gasteiger partial charge is 0.315 e. The van der Waals surface area contributed by atoms with E-state index in [0.717, 1.165) is 28.8 Å². The second-order valence-electron chi connectivity index (χ2n) is 9.91. The van der Waals surface area contributed by atoms with Gasteiger partial charge < -0.3 is 9.64 Å². The molecule has 0 aliphatic carbocycles. The molecule has 1 fully saturated rings. The molecule has 5 rings (SSSR count). The van der Waals surface area contributed by atoms with Gasteiger partial charge >= 0.3 is 5.97 Å². The average molecular weight is 537 g/mol. The highest BCUT2D eigenvalue weighted by molar-refractivity contribution is 6.35. The predicted octanol–water partition coefficient (Wildman–Crippen LogP) is 6.08. The van der Waals surface area contributed by atoms with Gasteiger partial charge in [-0.1, -0.05) is 84.7 Å². The molecule has 0 saturated carbocycles. The molecule has 2 aliphatic rings. The summed E-state index contributed by atoms with van der Waals surface area (Å²) < 4.78 is 5.61. The van der Waals surface area contributed by atoms with Gasteiger partial charge in [0.2, 0.25) is 0 Å². The number of esters is 1. The van der Waals surface area contributed by atoms with Crippen molar-refractivity contribution >= 4 is 40.8 Å². The fourth-order valence-electron chi connectivity index (χ4n) is 6.70. The number of para-hydroxylation sites is 1. The largest absolute Gasteiger partial charge is 0.468 e. The zero-order chi connectivity index (χ0) is 26.4. The number of likely N-dealkylation sites (N-methyl/N-ethyl adjacent to an activating group) is 1. The Morgan fingerprint density at radius 2 is 1.76 bits per heavy atom. The minimum Gasteiger partial charge on any atom is -0.468 e. The molecule has 3 aromatic rings. The Hall–Kier alpha value is -2.86. The molecule has 0 bridgehead atoms. The first kappa shape index (κ1) is 25.8. The number of carbonyl (C=O) groups is 2. The normalized spacial score (nSPS) is 25.1. The van der Waals surface area contributed by atoms with Crippen LogP contribution in [0.3, 0.4) is 0 Å². The zero-order valence-electron chi connectivity index (χ0n) is 21.2. The molecule has 1 saturated heterocycles. The van der Waals surface area contributed by atoms with Crippen LogP contribution in [0.15, 0.2) is 72.8 Å². The fraction of sp³-hybridized carbons (Fsp3) is 0.333. The molecule has 5 nitrogen and oxygen atoms in total. The number of benzene rings is 3. The standard InChI is InChI=1S/C30H30Cl2N2O3/c1-4-16-34-26-13-9-8-12-23(26)30(27(34)35)29(28(36)37-3,18-20-10-6-5-7-11-20)24(19-33(30)2)22-15-14-21(31)17-25(22)32/h5-15,17,24H,4,16,18-19H2,1-3H3/t24-,29+,30+/m1/s1. The van der Waals surface area contributed by atoms with Gasteiger partial charge in [-0.2, -0.15) is 0 Å². The molecular weight excluding hydrogens is 507 g/mol. The van der Waals surface area contributed by atoms with E-state index in [1.165, 1.54) is 7.11 Å². The second kappa shape index (κ2) is 9.79. The van der Waals surface area contributed by atoms with Crippen molar-refractivity contribution in [3.8, 4) is 0 Å². The van der Waals surface area contributed by atoms with Crippen LogP contribution in [0.25, 0.3) is 0 Å². The van der Waals surface area contributed by atoms with Crippen molar-refractivity contribution in [3.63, 3.8) is 0 Å². The van der Waals surface area contributed by atoms with Crippen molar-refractivity contribution in [2.45, 2.75) is 31.2 Å². The number of amides is 1. The van der Waals surface area contributed by atoms with E-state index < -0.39 is 22.8 Å². The molecule has 1 amide bonds. The number of likely N-dealkylation sites (tertiary alicyclic amines) is 1. The van der Waals surface area contributed by atoms with Crippen molar-refractivity contribution < 1.29 is 14.3 Å². The van der Waals surface area contributed by atoms with Gasteiger partial charge in [0.05, 0.1) is 7.11 Å². The van der Waals surface area contributed by atoms with Crippen LogP contribution in [-0.2, 0) is 26.3 Å². The number of methoxy groups -OCH3 is 1. The molecule has 0 radical (unpaired) electrons. The first-order valence-electron chi connectivity index (χ1n) is 12.5. The predicted molar refractivity (Wildman–Crippen MR) is 147 cm³/mol. The Bertz CT molecular complexity index is 1350. The molecule has 2 heterocycles. The molecule has 7 heteroatoms. The number of rotatable bonds is 6. The summed E-state index contributed by atoms with van der Waals surface area (Å²) in [5.41, 5.74) is 0.794. The maximum Gasteiger partial charge on any atom is 0.315 e. The van der Waals surface area contributed by atoms with Crippen molar-refractivity contribution in [2.75, 3.05) is 32.1 Å². The Balaban J connectivity index is 1.87. The van der Waals surface area contributed by atoms with Gasteiger partial charge in [-0.25, -0.2) is 0 Å². The number of carbonyl (C=O) groups excluding carboxylic acids is 2. The van der Waals surface area contributed by atoms with Crippen LogP contribution in [-0.4, -0.2) is 44.0 Å². The third-order valence-electron chi connectivity index (χ3n) is 8.07. The number of halogens is 2. The van der Waals surface area contributed by atoms with Crippen LogP contribution < -0.4 is 4.90 Å². The molecular formula is C30H30Cl2N2O3. The number of fused-ring (bicyclic) bond motifs is 2. The van der Waals surface area contributed by atoms with E-state index in [1.807, 2.05) is 84.4 Å². The van der Waals surface area contributed by atoms with Crippen LogP contribution in [0.2, 0.25) is 10.0 Å². The molecule has 2 aliphatic heterocycles. The summed E-state index contributed by atoms with van der Waals surface area (Å²) in [6.45, 7) is 3.04. The Kier molecular flexibility index (Phi) is 6.82. The molecule has 192 valence electrons. The zero-order valence-corrected chi connectivity index (χ0v) is 22.7. The summed E-state index contributed by atoms with van der Waals surface area (Å²) >= 11 is 13.1. The van der Waals surface area contributed by atoms with E-state index in [2.05, 4.69) is 0 Å². The Morgan fingerprint density at radius 3 is 2.43 bits per heavy atom. The lowest BCUT2D eigenvalue weighted by molar-refractivity contribution is -0.164. The summed E-state index contributed by atoms with van der Waals surface area (Å²) in [7, 11) is 3.33. The van der Waals surface area contributed by atoms with E-state index in [4.69, 9.17) is 27.9 Å². The molecule has 37 heavy (non-hydrogen) atoms. The van der Waals surface area contributed by atoms with Crippen LogP contribution in [0, 0.1) is 5.41 Å². The number of ether oxygens (including phenoxy) is 1. The number of hydrogen-bond donors (Lipinski definition) is 0. The minimum atomic E-state index is -1.30. The fourth-order valence-corrected chi connectivity index (χ4v) is 7.24. The van der Waals surface area contributed by atoms with Crippen LogP contribution >= 0.6 is 23.2 Å². The summed E-state index contributed by atoms with van der Waals surface area (Å²) in [6, 6.07) is 23.0. The van der Waals surface area contributed by atoms with Gasteiger partial charge in [-0.15, -0.1) is 0 Å². The number of nitrogens with zero attached hydrogens (tertiary/aromatic N) is 2.